The van der Waals surface area contributed by atoms with Crippen LogP contribution in [0.25, 0.3) is 10.8 Å². The number of rotatable bonds is 4. The number of thiocarbonyl (C=S) groups is 1. The van der Waals surface area contributed by atoms with Crippen molar-refractivity contribution in [3.05, 3.63) is 35.4 Å². The lowest BCUT2D eigenvalue weighted by molar-refractivity contribution is 0.411. The van der Waals surface area contributed by atoms with Gasteiger partial charge >= 0.3 is 0 Å². The van der Waals surface area contributed by atoms with Gasteiger partial charge in [0, 0.05) is 10.9 Å². The smallest absolute Gasteiger partial charge is 0.184 e. The van der Waals surface area contributed by atoms with E-state index in [9.17, 15) is 0 Å². The van der Waals surface area contributed by atoms with E-state index in [0.717, 1.165) is 27.6 Å². The quantitative estimate of drug-likeness (QED) is 0.515. The van der Waals surface area contributed by atoms with Crippen molar-refractivity contribution in [1.82, 2.24) is 5.43 Å². The second-order valence-electron chi connectivity index (χ2n) is 4.42. The molecule has 110 valence electrons. The molecule has 3 N–H and O–H groups in total. The maximum absolute atomic E-state index is 5.46. The number of nitrogens with zero attached hydrogens (tertiary/aromatic N) is 1. The summed E-state index contributed by atoms with van der Waals surface area (Å²) in [4.78, 5) is 0. The summed E-state index contributed by atoms with van der Waals surface area (Å²) in [6.45, 7) is 2.04. The molecule has 21 heavy (non-hydrogen) atoms. The van der Waals surface area contributed by atoms with Gasteiger partial charge in [-0.05, 0) is 42.2 Å². The van der Waals surface area contributed by atoms with Crippen molar-refractivity contribution in [2.24, 2.45) is 10.8 Å². The van der Waals surface area contributed by atoms with Crippen LogP contribution >= 0.6 is 12.2 Å². The normalized spacial score (nSPS) is 10.8. The molecule has 0 aromatic heterocycles. The first kappa shape index (κ1) is 15.1. The number of fused-ring (bicyclic) bond motifs is 1. The topological polar surface area (TPSA) is 68.9 Å². The average molecular weight is 303 g/mol. The lowest BCUT2D eigenvalue weighted by Crippen LogP contribution is -2.24. The molecule has 0 aliphatic rings. The Hall–Kier alpha value is -2.34. The third-order valence-corrected chi connectivity index (χ3v) is 3.26. The molecule has 0 aliphatic heterocycles. The zero-order valence-electron chi connectivity index (χ0n) is 12.1. The highest BCUT2D eigenvalue weighted by molar-refractivity contribution is 7.80. The summed E-state index contributed by atoms with van der Waals surface area (Å²) in [5, 5.41) is 6.14. The number of nitrogens with one attached hydrogen (secondary N) is 1. The van der Waals surface area contributed by atoms with Crippen molar-refractivity contribution in [2.75, 3.05) is 14.2 Å². The molecule has 0 unspecified atom stereocenters. The summed E-state index contributed by atoms with van der Waals surface area (Å²) in [6, 6.07) is 7.85. The zero-order chi connectivity index (χ0) is 15.4. The Bertz CT molecular complexity index is 714. The van der Waals surface area contributed by atoms with Crippen molar-refractivity contribution in [3.63, 3.8) is 0 Å². The van der Waals surface area contributed by atoms with Crippen LogP contribution in [-0.4, -0.2) is 25.5 Å². The molecule has 2 aromatic rings. The fraction of sp³-hybridized carbons (Fsp3) is 0.200. The van der Waals surface area contributed by atoms with Crippen molar-refractivity contribution in [3.8, 4) is 11.5 Å². The van der Waals surface area contributed by atoms with E-state index in [2.05, 4.69) is 10.5 Å². The van der Waals surface area contributed by atoms with Crippen molar-refractivity contribution in [2.45, 2.75) is 6.92 Å². The monoisotopic (exact) mass is 303 g/mol. The van der Waals surface area contributed by atoms with E-state index >= 15 is 0 Å². The zero-order valence-corrected chi connectivity index (χ0v) is 13.0. The van der Waals surface area contributed by atoms with E-state index in [-0.39, 0.29) is 5.11 Å². The van der Waals surface area contributed by atoms with Crippen LogP contribution in [0.5, 0.6) is 11.5 Å². The molecule has 0 radical (unpaired) electrons. The minimum absolute atomic E-state index is 0.105. The first-order valence-electron chi connectivity index (χ1n) is 6.31. The van der Waals surface area contributed by atoms with Crippen LogP contribution in [0.3, 0.4) is 0 Å². The molecule has 5 nitrogen and oxygen atoms in total. The van der Waals surface area contributed by atoms with E-state index in [1.165, 1.54) is 0 Å². The second-order valence-corrected chi connectivity index (χ2v) is 4.86. The van der Waals surface area contributed by atoms with Crippen LogP contribution in [0.4, 0.5) is 0 Å². The molecule has 0 aliphatic carbocycles. The Morgan fingerprint density at radius 1 is 1.19 bits per heavy atom. The molecule has 0 saturated heterocycles. The second kappa shape index (κ2) is 6.41. The minimum Gasteiger partial charge on any atom is -0.496 e. The maximum Gasteiger partial charge on any atom is 0.184 e. The molecule has 2 aromatic carbocycles. The van der Waals surface area contributed by atoms with Gasteiger partial charge < -0.3 is 15.2 Å². The number of aryl methyl sites for hydroxylation is 1. The van der Waals surface area contributed by atoms with Crippen LogP contribution < -0.4 is 20.6 Å². The van der Waals surface area contributed by atoms with Gasteiger partial charge in [-0.3, -0.25) is 5.43 Å². The van der Waals surface area contributed by atoms with Crippen molar-refractivity contribution in [1.29, 1.82) is 0 Å². The third-order valence-electron chi connectivity index (χ3n) is 3.17. The van der Waals surface area contributed by atoms with E-state index in [1.807, 2.05) is 31.2 Å². The number of ether oxygens (including phenoxy) is 2. The highest BCUT2D eigenvalue weighted by atomic mass is 32.1. The molecule has 0 saturated carbocycles. The molecule has 2 rings (SSSR count). The van der Waals surface area contributed by atoms with Gasteiger partial charge in [0.15, 0.2) is 5.11 Å². The lowest BCUT2D eigenvalue weighted by Gasteiger charge is -2.13. The Morgan fingerprint density at radius 2 is 1.86 bits per heavy atom. The summed E-state index contributed by atoms with van der Waals surface area (Å²) in [6.07, 6.45) is 1.63. The molecule has 0 atom stereocenters. The van der Waals surface area contributed by atoms with Gasteiger partial charge in [0.1, 0.15) is 11.5 Å². The number of hydrazone groups is 1. The first-order valence-corrected chi connectivity index (χ1v) is 6.72. The summed E-state index contributed by atoms with van der Waals surface area (Å²) in [7, 11) is 3.25. The number of hydrogen-bond acceptors (Lipinski definition) is 4. The summed E-state index contributed by atoms with van der Waals surface area (Å²) in [5.41, 5.74) is 9.86. The Kier molecular flexibility index (Phi) is 4.59. The summed E-state index contributed by atoms with van der Waals surface area (Å²) >= 11 is 4.73. The molecule has 0 heterocycles. The third kappa shape index (κ3) is 3.05. The highest BCUT2D eigenvalue weighted by Gasteiger charge is 2.12. The van der Waals surface area contributed by atoms with Gasteiger partial charge in [0.05, 0.1) is 20.4 Å². The van der Waals surface area contributed by atoms with Crippen LogP contribution in [-0.2, 0) is 0 Å². The van der Waals surface area contributed by atoms with Crippen LogP contribution in [0.15, 0.2) is 29.4 Å². The molecule has 6 heteroatoms. The van der Waals surface area contributed by atoms with E-state index in [1.54, 1.807) is 20.4 Å². The van der Waals surface area contributed by atoms with Crippen molar-refractivity contribution < 1.29 is 9.47 Å². The predicted octanol–water partition coefficient (Wildman–Crippen LogP) is 2.33. The Morgan fingerprint density at radius 3 is 2.48 bits per heavy atom. The molecular formula is C15H17N3O2S. The first-order chi connectivity index (χ1) is 10.1. The minimum atomic E-state index is 0.105. The highest BCUT2D eigenvalue weighted by Crippen LogP contribution is 2.35. The van der Waals surface area contributed by atoms with E-state index in [4.69, 9.17) is 27.4 Å². The SMILES string of the molecule is COc1ccc2c(C)ccc(OC)c2c1C=NNC(N)=S. The van der Waals surface area contributed by atoms with Gasteiger partial charge in [-0.1, -0.05) is 12.1 Å². The average Bonchev–Trinajstić information content (AvgIpc) is 2.47. The molecule has 0 bridgehead atoms. The van der Waals surface area contributed by atoms with E-state index < -0.39 is 0 Å². The van der Waals surface area contributed by atoms with Crippen molar-refractivity contribution >= 4 is 34.3 Å². The molecule has 0 fully saturated rings. The van der Waals surface area contributed by atoms with Crippen LogP contribution in [0.1, 0.15) is 11.1 Å². The standard InChI is InChI=1S/C15H17N3O2S/c1-9-4-6-13(20-3)14-10(9)5-7-12(19-2)11(14)8-17-18-15(16)21/h4-8H,1-3H3,(H3,16,18,21). The van der Waals surface area contributed by atoms with E-state index in [0.29, 0.717) is 5.75 Å². The fourth-order valence-electron chi connectivity index (χ4n) is 2.21. The van der Waals surface area contributed by atoms with Gasteiger partial charge in [0.25, 0.3) is 0 Å². The Balaban J connectivity index is 2.71. The Labute approximate surface area is 128 Å². The molecular weight excluding hydrogens is 286 g/mol. The summed E-state index contributed by atoms with van der Waals surface area (Å²) in [5.74, 6) is 1.45. The van der Waals surface area contributed by atoms with Crippen LogP contribution in [0.2, 0.25) is 0 Å². The van der Waals surface area contributed by atoms with Gasteiger partial charge in [-0.2, -0.15) is 5.10 Å². The van der Waals surface area contributed by atoms with Gasteiger partial charge in [-0.25, -0.2) is 0 Å². The van der Waals surface area contributed by atoms with Gasteiger partial charge in [0.2, 0.25) is 0 Å². The largest absolute Gasteiger partial charge is 0.496 e. The number of nitrogens with two attached hydrogens (primary N) is 1. The maximum atomic E-state index is 5.46. The molecule has 0 spiro atoms. The predicted molar refractivity (Wildman–Crippen MR) is 89.3 cm³/mol. The fourth-order valence-corrected chi connectivity index (χ4v) is 2.26. The summed E-state index contributed by atoms with van der Waals surface area (Å²) < 4.78 is 10.9. The number of benzene rings is 2. The molecule has 0 amide bonds. The number of hydrogen-bond donors (Lipinski definition) is 2. The number of methoxy groups -OCH3 is 2. The van der Waals surface area contributed by atoms with Gasteiger partial charge in [-0.15, -0.1) is 0 Å². The lowest BCUT2D eigenvalue weighted by atomic mass is 9.99. The van der Waals surface area contributed by atoms with Crippen LogP contribution in [0, 0.1) is 6.92 Å².